The van der Waals surface area contributed by atoms with E-state index in [2.05, 4.69) is 20.4 Å². The standard InChI is InChI=1S/C17H18N6OS/c1-11-10-23-17(19-11)25-16(21-23)20-14(15-18-8-9-22(15)2)12-4-6-13(24-3)7-5-12/h4-10,14H,1-3H3,(H,20,21). The van der Waals surface area contributed by atoms with E-state index in [9.17, 15) is 0 Å². The van der Waals surface area contributed by atoms with Gasteiger partial charge in [0.15, 0.2) is 0 Å². The van der Waals surface area contributed by atoms with E-state index in [0.29, 0.717) is 0 Å². The Morgan fingerprint density at radius 1 is 1.24 bits per heavy atom. The van der Waals surface area contributed by atoms with Crippen LogP contribution in [0.4, 0.5) is 5.13 Å². The number of ether oxygens (including phenoxy) is 1. The van der Waals surface area contributed by atoms with Gasteiger partial charge in [-0.1, -0.05) is 23.5 Å². The number of aromatic nitrogens is 5. The summed E-state index contributed by atoms with van der Waals surface area (Å²) in [6.45, 7) is 1.96. The van der Waals surface area contributed by atoms with Crippen molar-refractivity contribution in [3.63, 3.8) is 0 Å². The molecule has 0 radical (unpaired) electrons. The number of aryl methyl sites for hydroxylation is 2. The number of hydrogen-bond donors (Lipinski definition) is 1. The van der Waals surface area contributed by atoms with Crippen LogP contribution < -0.4 is 10.1 Å². The molecule has 1 aromatic carbocycles. The van der Waals surface area contributed by atoms with E-state index in [1.54, 1.807) is 17.8 Å². The normalized spacial score (nSPS) is 12.4. The van der Waals surface area contributed by atoms with Crippen LogP contribution in [0.15, 0.2) is 42.9 Å². The summed E-state index contributed by atoms with van der Waals surface area (Å²) in [6, 6.07) is 7.85. The van der Waals surface area contributed by atoms with E-state index in [1.807, 2.05) is 55.2 Å². The molecule has 0 aliphatic rings. The van der Waals surface area contributed by atoms with Gasteiger partial charge in [0.25, 0.3) is 0 Å². The summed E-state index contributed by atoms with van der Waals surface area (Å²) in [5, 5.41) is 8.86. The SMILES string of the molecule is COc1ccc(C(Nc2nn3cc(C)nc3s2)c2nccn2C)cc1. The first-order valence-electron chi connectivity index (χ1n) is 7.84. The lowest BCUT2D eigenvalue weighted by Gasteiger charge is -2.18. The zero-order valence-corrected chi connectivity index (χ0v) is 15.0. The van der Waals surface area contributed by atoms with Crippen LogP contribution in [0.3, 0.4) is 0 Å². The molecular formula is C17H18N6OS. The fraction of sp³-hybridized carbons (Fsp3) is 0.235. The lowest BCUT2D eigenvalue weighted by Crippen LogP contribution is -2.16. The minimum atomic E-state index is -0.122. The maximum Gasteiger partial charge on any atom is 0.214 e. The van der Waals surface area contributed by atoms with E-state index in [1.165, 1.54) is 11.3 Å². The quantitative estimate of drug-likeness (QED) is 0.596. The molecular weight excluding hydrogens is 336 g/mol. The van der Waals surface area contributed by atoms with Crippen LogP contribution in [-0.2, 0) is 7.05 Å². The molecule has 0 saturated heterocycles. The molecule has 0 aliphatic heterocycles. The molecule has 1 atom stereocenters. The minimum Gasteiger partial charge on any atom is -0.497 e. The number of anilines is 1. The van der Waals surface area contributed by atoms with Gasteiger partial charge in [-0.15, -0.1) is 5.10 Å². The average molecular weight is 354 g/mol. The van der Waals surface area contributed by atoms with Crippen LogP contribution in [-0.4, -0.2) is 31.3 Å². The third-order valence-corrected chi connectivity index (χ3v) is 4.85. The van der Waals surface area contributed by atoms with Crippen molar-refractivity contribution in [2.45, 2.75) is 13.0 Å². The van der Waals surface area contributed by atoms with Gasteiger partial charge >= 0.3 is 0 Å². The van der Waals surface area contributed by atoms with Crippen LogP contribution in [0.1, 0.15) is 23.1 Å². The summed E-state index contributed by atoms with van der Waals surface area (Å²) in [6.07, 6.45) is 5.65. The van der Waals surface area contributed by atoms with Crippen molar-refractivity contribution in [3.05, 3.63) is 59.9 Å². The molecule has 0 spiro atoms. The molecule has 0 saturated carbocycles. The zero-order valence-electron chi connectivity index (χ0n) is 14.2. The average Bonchev–Trinajstić information content (AvgIpc) is 3.27. The van der Waals surface area contributed by atoms with E-state index in [-0.39, 0.29) is 6.04 Å². The second kappa shape index (κ2) is 6.21. The van der Waals surface area contributed by atoms with Crippen molar-refractivity contribution >= 4 is 21.4 Å². The van der Waals surface area contributed by atoms with Gasteiger partial charge in [-0.2, -0.15) is 0 Å². The first-order valence-corrected chi connectivity index (χ1v) is 8.66. The third kappa shape index (κ3) is 2.96. The summed E-state index contributed by atoms with van der Waals surface area (Å²) in [4.78, 5) is 9.84. The molecule has 1 N–H and O–H groups in total. The number of benzene rings is 1. The highest BCUT2D eigenvalue weighted by atomic mass is 32.1. The highest BCUT2D eigenvalue weighted by Gasteiger charge is 2.20. The Bertz CT molecular complexity index is 968. The summed E-state index contributed by atoms with van der Waals surface area (Å²) in [7, 11) is 3.65. The first-order chi connectivity index (χ1) is 12.1. The Hall–Kier alpha value is -2.87. The molecule has 4 aromatic rings. The second-order valence-corrected chi connectivity index (χ2v) is 6.72. The van der Waals surface area contributed by atoms with E-state index < -0.39 is 0 Å². The number of rotatable bonds is 5. The molecule has 0 fully saturated rings. The highest BCUT2D eigenvalue weighted by molar-refractivity contribution is 7.20. The topological polar surface area (TPSA) is 69.3 Å². The number of fused-ring (bicyclic) bond motifs is 1. The number of nitrogens with zero attached hydrogens (tertiary/aromatic N) is 5. The molecule has 0 bridgehead atoms. The molecule has 4 rings (SSSR count). The van der Waals surface area contributed by atoms with Crippen molar-refractivity contribution in [3.8, 4) is 5.75 Å². The molecule has 0 amide bonds. The van der Waals surface area contributed by atoms with Crippen molar-refractivity contribution < 1.29 is 4.74 Å². The fourth-order valence-electron chi connectivity index (χ4n) is 2.74. The van der Waals surface area contributed by atoms with Crippen molar-refractivity contribution in [1.82, 2.24) is 24.1 Å². The van der Waals surface area contributed by atoms with Gasteiger partial charge in [0, 0.05) is 19.4 Å². The highest BCUT2D eigenvalue weighted by Crippen LogP contribution is 2.29. The van der Waals surface area contributed by atoms with Gasteiger partial charge in [0.05, 0.1) is 19.0 Å². The minimum absolute atomic E-state index is 0.122. The molecule has 0 aliphatic carbocycles. The molecule has 128 valence electrons. The Balaban J connectivity index is 1.71. The molecule has 1 unspecified atom stereocenters. The molecule has 8 heteroatoms. The van der Waals surface area contributed by atoms with Gasteiger partial charge in [-0.05, 0) is 24.6 Å². The van der Waals surface area contributed by atoms with Gasteiger partial charge in [-0.3, -0.25) is 0 Å². The number of hydrogen-bond acceptors (Lipinski definition) is 6. The Morgan fingerprint density at radius 2 is 2.04 bits per heavy atom. The largest absolute Gasteiger partial charge is 0.497 e. The summed E-state index contributed by atoms with van der Waals surface area (Å²) in [5.74, 6) is 1.74. The van der Waals surface area contributed by atoms with Crippen molar-refractivity contribution in [2.24, 2.45) is 7.05 Å². The van der Waals surface area contributed by atoms with Gasteiger partial charge < -0.3 is 14.6 Å². The maximum atomic E-state index is 5.26. The number of imidazole rings is 2. The van der Waals surface area contributed by atoms with Gasteiger partial charge in [-0.25, -0.2) is 14.5 Å². The van der Waals surface area contributed by atoms with Crippen LogP contribution in [0.25, 0.3) is 4.96 Å². The second-order valence-electron chi connectivity index (χ2n) is 5.76. The van der Waals surface area contributed by atoms with Crippen LogP contribution in [0, 0.1) is 6.92 Å². The Kier molecular flexibility index (Phi) is 3.89. The van der Waals surface area contributed by atoms with E-state index in [0.717, 1.165) is 32.9 Å². The third-order valence-electron chi connectivity index (χ3n) is 4.00. The molecule has 7 nitrogen and oxygen atoms in total. The fourth-order valence-corrected chi connectivity index (χ4v) is 3.59. The summed E-state index contributed by atoms with van der Waals surface area (Å²) in [5.41, 5.74) is 2.04. The van der Waals surface area contributed by atoms with Crippen molar-refractivity contribution in [1.29, 1.82) is 0 Å². The van der Waals surface area contributed by atoms with Gasteiger partial charge in [0.2, 0.25) is 10.1 Å². The zero-order chi connectivity index (χ0) is 17.4. The first kappa shape index (κ1) is 15.6. The van der Waals surface area contributed by atoms with Crippen LogP contribution in [0.2, 0.25) is 0 Å². The molecule has 3 heterocycles. The smallest absolute Gasteiger partial charge is 0.214 e. The van der Waals surface area contributed by atoms with E-state index in [4.69, 9.17) is 4.74 Å². The predicted molar refractivity (Wildman–Crippen MR) is 97.3 cm³/mol. The number of methoxy groups -OCH3 is 1. The van der Waals surface area contributed by atoms with Crippen LogP contribution >= 0.6 is 11.3 Å². The van der Waals surface area contributed by atoms with Crippen molar-refractivity contribution in [2.75, 3.05) is 12.4 Å². The Morgan fingerprint density at radius 3 is 2.68 bits per heavy atom. The van der Waals surface area contributed by atoms with Crippen LogP contribution in [0.5, 0.6) is 5.75 Å². The maximum absolute atomic E-state index is 5.26. The Labute approximate surface area is 148 Å². The molecule has 25 heavy (non-hydrogen) atoms. The lowest BCUT2D eigenvalue weighted by atomic mass is 10.1. The lowest BCUT2D eigenvalue weighted by molar-refractivity contribution is 0.414. The van der Waals surface area contributed by atoms with E-state index >= 15 is 0 Å². The summed E-state index contributed by atoms with van der Waals surface area (Å²) < 4.78 is 9.06. The molecule has 3 aromatic heterocycles. The van der Waals surface area contributed by atoms with Gasteiger partial charge in [0.1, 0.15) is 17.6 Å². The number of nitrogens with one attached hydrogen (secondary N) is 1. The predicted octanol–water partition coefficient (Wildman–Crippen LogP) is 3.04. The summed E-state index contributed by atoms with van der Waals surface area (Å²) >= 11 is 1.52. The monoisotopic (exact) mass is 354 g/mol.